The quantitative estimate of drug-likeness (QED) is 0.667. The number of hydrogen-bond acceptors (Lipinski definition) is 4. The minimum absolute atomic E-state index is 0.0623. The Hall–Kier alpha value is -2.38. The lowest BCUT2D eigenvalue weighted by Crippen LogP contribution is -2.45. The van der Waals surface area contributed by atoms with Crippen LogP contribution in [0.15, 0.2) is 65.6 Å². The molecule has 1 fully saturated rings. The fourth-order valence-corrected chi connectivity index (χ4v) is 4.89. The summed E-state index contributed by atoms with van der Waals surface area (Å²) in [5.41, 5.74) is 1.06. The van der Waals surface area contributed by atoms with E-state index in [4.69, 9.17) is 0 Å². The van der Waals surface area contributed by atoms with Crippen molar-refractivity contribution in [3.63, 3.8) is 0 Å². The highest BCUT2D eigenvalue weighted by atomic mass is 32.2. The van der Waals surface area contributed by atoms with Crippen LogP contribution in [-0.2, 0) is 14.8 Å². The van der Waals surface area contributed by atoms with Gasteiger partial charge in [-0.1, -0.05) is 36.4 Å². The van der Waals surface area contributed by atoms with Crippen LogP contribution in [0.1, 0.15) is 19.3 Å². The molecule has 1 unspecified atom stereocenters. The molecular formula is C21H27N3O3S. The molecule has 6 nitrogen and oxygen atoms in total. The van der Waals surface area contributed by atoms with Gasteiger partial charge in [0.1, 0.15) is 0 Å². The van der Waals surface area contributed by atoms with Crippen molar-refractivity contribution in [3.05, 3.63) is 60.7 Å². The van der Waals surface area contributed by atoms with Crippen LogP contribution >= 0.6 is 0 Å². The second kappa shape index (κ2) is 9.71. The summed E-state index contributed by atoms with van der Waals surface area (Å²) in [4.78, 5) is 12.8. The van der Waals surface area contributed by atoms with Crippen LogP contribution in [0.4, 0.5) is 5.69 Å². The van der Waals surface area contributed by atoms with E-state index in [1.54, 1.807) is 30.3 Å². The van der Waals surface area contributed by atoms with Gasteiger partial charge in [-0.3, -0.25) is 4.79 Å². The summed E-state index contributed by atoms with van der Waals surface area (Å²) < 4.78 is 27.0. The van der Waals surface area contributed by atoms with E-state index < -0.39 is 10.0 Å². The largest absolute Gasteiger partial charge is 0.385 e. The van der Waals surface area contributed by atoms with Crippen molar-refractivity contribution in [1.82, 2.24) is 9.62 Å². The lowest BCUT2D eigenvalue weighted by Gasteiger charge is -2.31. The highest BCUT2D eigenvalue weighted by Gasteiger charge is 2.33. The van der Waals surface area contributed by atoms with Gasteiger partial charge in [-0.2, -0.15) is 4.31 Å². The molecule has 0 aromatic heterocycles. The van der Waals surface area contributed by atoms with Crippen LogP contribution in [0.3, 0.4) is 0 Å². The number of rotatable bonds is 8. The number of benzene rings is 2. The van der Waals surface area contributed by atoms with E-state index >= 15 is 0 Å². The van der Waals surface area contributed by atoms with Crippen molar-refractivity contribution in [3.8, 4) is 0 Å². The van der Waals surface area contributed by atoms with E-state index in [0.29, 0.717) is 19.5 Å². The number of piperidine rings is 1. The number of para-hydroxylation sites is 1. The number of anilines is 1. The van der Waals surface area contributed by atoms with E-state index in [0.717, 1.165) is 25.1 Å². The summed E-state index contributed by atoms with van der Waals surface area (Å²) in [6.45, 7) is 2.04. The summed E-state index contributed by atoms with van der Waals surface area (Å²) in [7, 11) is -3.54. The van der Waals surface area contributed by atoms with Gasteiger partial charge >= 0.3 is 0 Å². The first-order valence-corrected chi connectivity index (χ1v) is 11.1. The van der Waals surface area contributed by atoms with E-state index in [1.807, 2.05) is 30.3 Å². The van der Waals surface area contributed by atoms with E-state index in [2.05, 4.69) is 10.6 Å². The molecule has 7 heteroatoms. The third-order valence-electron chi connectivity index (χ3n) is 4.89. The third kappa shape index (κ3) is 5.33. The van der Waals surface area contributed by atoms with Crippen LogP contribution in [0.5, 0.6) is 0 Å². The van der Waals surface area contributed by atoms with Crippen LogP contribution in [-0.4, -0.2) is 44.8 Å². The molecule has 0 bridgehead atoms. The fourth-order valence-electron chi connectivity index (χ4n) is 3.35. The van der Waals surface area contributed by atoms with Gasteiger partial charge in [0.15, 0.2) is 0 Å². The van der Waals surface area contributed by atoms with E-state index in [1.165, 1.54) is 4.31 Å². The lowest BCUT2D eigenvalue weighted by molar-refractivity contribution is -0.126. The molecule has 1 saturated heterocycles. The summed E-state index contributed by atoms with van der Waals surface area (Å²) in [6.07, 6.45) is 2.22. The van der Waals surface area contributed by atoms with Gasteiger partial charge in [0.05, 0.1) is 10.8 Å². The number of hydrogen-bond donors (Lipinski definition) is 2. The maximum Gasteiger partial charge on any atom is 0.243 e. The van der Waals surface area contributed by atoms with Crippen molar-refractivity contribution >= 4 is 21.6 Å². The van der Waals surface area contributed by atoms with Gasteiger partial charge in [-0.05, 0) is 43.5 Å². The summed E-state index contributed by atoms with van der Waals surface area (Å²) in [5, 5.41) is 6.25. The Balaban J connectivity index is 1.45. The van der Waals surface area contributed by atoms with Crippen LogP contribution < -0.4 is 10.6 Å². The van der Waals surface area contributed by atoms with Crippen LogP contribution in [0.25, 0.3) is 0 Å². The third-order valence-corrected chi connectivity index (χ3v) is 6.77. The van der Waals surface area contributed by atoms with Gasteiger partial charge in [0.25, 0.3) is 0 Å². The minimum Gasteiger partial charge on any atom is -0.385 e. The molecule has 1 aliphatic rings. The Morgan fingerprint density at radius 1 is 1.00 bits per heavy atom. The fraction of sp³-hybridized carbons (Fsp3) is 0.381. The molecule has 0 aliphatic carbocycles. The molecular weight excluding hydrogens is 374 g/mol. The van der Waals surface area contributed by atoms with Gasteiger partial charge in [0.2, 0.25) is 15.9 Å². The predicted molar refractivity (Wildman–Crippen MR) is 110 cm³/mol. The van der Waals surface area contributed by atoms with Crippen molar-refractivity contribution < 1.29 is 13.2 Å². The lowest BCUT2D eigenvalue weighted by atomic mass is 9.99. The standard InChI is InChI=1S/C21H27N3O3S/c25-21(23-15-8-14-22-19-10-3-1-4-11-19)18-9-7-16-24(17-18)28(26,27)20-12-5-2-6-13-20/h1-6,10-13,18,22H,7-9,14-17H2,(H,23,25). The summed E-state index contributed by atoms with van der Waals surface area (Å²) >= 11 is 0. The molecule has 1 atom stereocenters. The monoisotopic (exact) mass is 401 g/mol. The molecule has 2 aromatic carbocycles. The molecule has 1 amide bonds. The summed E-state index contributed by atoms with van der Waals surface area (Å²) in [5.74, 6) is -0.359. The number of carbonyl (C=O) groups is 1. The normalized spacial score (nSPS) is 17.8. The van der Waals surface area contributed by atoms with Crippen LogP contribution in [0, 0.1) is 5.92 Å². The highest BCUT2D eigenvalue weighted by molar-refractivity contribution is 7.89. The first-order chi connectivity index (χ1) is 13.6. The second-order valence-corrected chi connectivity index (χ2v) is 8.89. The Labute approximate surface area is 167 Å². The molecule has 0 spiro atoms. The van der Waals surface area contributed by atoms with Crippen molar-refractivity contribution in [2.24, 2.45) is 5.92 Å². The Bertz CT molecular complexity index is 857. The smallest absolute Gasteiger partial charge is 0.243 e. The molecule has 1 heterocycles. The molecule has 2 aromatic rings. The molecule has 0 radical (unpaired) electrons. The van der Waals surface area contributed by atoms with Crippen molar-refractivity contribution in [2.75, 3.05) is 31.5 Å². The molecule has 0 saturated carbocycles. The average molecular weight is 402 g/mol. The van der Waals surface area contributed by atoms with Crippen molar-refractivity contribution in [1.29, 1.82) is 0 Å². The molecule has 150 valence electrons. The Morgan fingerprint density at radius 2 is 1.68 bits per heavy atom. The van der Waals surface area contributed by atoms with E-state index in [9.17, 15) is 13.2 Å². The van der Waals surface area contributed by atoms with E-state index in [-0.39, 0.29) is 23.3 Å². The number of amides is 1. The highest BCUT2D eigenvalue weighted by Crippen LogP contribution is 2.23. The number of nitrogens with zero attached hydrogens (tertiary/aromatic N) is 1. The topological polar surface area (TPSA) is 78.5 Å². The maximum absolute atomic E-state index is 12.8. The zero-order valence-electron chi connectivity index (χ0n) is 15.9. The molecule has 3 rings (SSSR count). The first-order valence-electron chi connectivity index (χ1n) is 9.69. The maximum atomic E-state index is 12.8. The predicted octanol–water partition coefficient (Wildman–Crippen LogP) is 2.71. The van der Waals surface area contributed by atoms with Crippen LogP contribution in [0.2, 0.25) is 0 Å². The molecule has 28 heavy (non-hydrogen) atoms. The minimum atomic E-state index is -3.54. The Kier molecular flexibility index (Phi) is 7.06. The zero-order chi connectivity index (χ0) is 19.8. The van der Waals surface area contributed by atoms with Gasteiger partial charge in [-0.25, -0.2) is 8.42 Å². The van der Waals surface area contributed by atoms with Gasteiger partial charge in [-0.15, -0.1) is 0 Å². The molecule has 2 N–H and O–H groups in total. The SMILES string of the molecule is O=C(NCCCNc1ccccc1)C1CCCN(S(=O)(=O)c2ccccc2)C1. The van der Waals surface area contributed by atoms with Crippen molar-refractivity contribution in [2.45, 2.75) is 24.2 Å². The first kappa shape index (κ1) is 20.4. The molecule has 1 aliphatic heterocycles. The summed E-state index contributed by atoms with van der Waals surface area (Å²) in [6, 6.07) is 18.3. The number of sulfonamides is 1. The van der Waals surface area contributed by atoms with Gasteiger partial charge in [0, 0.05) is 31.9 Å². The Morgan fingerprint density at radius 3 is 2.39 bits per heavy atom. The number of nitrogens with one attached hydrogen (secondary N) is 2. The second-order valence-electron chi connectivity index (χ2n) is 6.95. The zero-order valence-corrected chi connectivity index (χ0v) is 16.7. The number of carbonyl (C=O) groups excluding carboxylic acids is 1. The average Bonchev–Trinajstić information content (AvgIpc) is 2.75. The van der Waals surface area contributed by atoms with Gasteiger partial charge < -0.3 is 10.6 Å².